The molecule has 6 heteroatoms. The third kappa shape index (κ3) is 10.5. The largest absolute Gasteiger partial charge is 0.490 e. The molecule has 2 heterocycles. The van der Waals surface area contributed by atoms with Crippen molar-refractivity contribution in [1.82, 2.24) is 20.5 Å². The molecule has 2 fully saturated rings. The molecule has 212 valence electrons. The van der Waals surface area contributed by atoms with Crippen LogP contribution in [0.1, 0.15) is 107 Å². The zero-order valence-electron chi connectivity index (χ0n) is 25.5. The molecule has 0 radical (unpaired) electrons. The van der Waals surface area contributed by atoms with Gasteiger partial charge in [-0.3, -0.25) is 4.98 Å². The first-order chi connectivity index (χ1) is 17.0. The summed E-state index contributed by atoms with van der Waals surface area (Å²) in [5.74, 6) is 0.937. The lowest BCUT2D eigenvalue weighted by Gasteiger charge is -2.44. The van der Waals surface area contributed by atoms with E-state index in [4.69, 9.17) is 9.47 Å². The Kier molecular flexibility index (Phi) is 9.75. The fourth-order valence-corrected chi connectivity index (χ4v) is 5.95. The van der Waals surface area contributed by atoms with E-state index in [2.05, 4.69) is 95.8 Å². The Hall–Kier alpha value is -1.21. The van der Waals surface area contributed by atoms with Crippen LogP contribution >= 0.6 is 0 Å². The summed E-state index contributed by atoms with van der Waals surface area (Å²) in [7, 11) is 0. The summed E-state index contributed by atoms with van der Waals surface area (Å²) in [5, 5.41) is 7.63. The monoisotopic (exact) mass is 516 g/mol. The predicted octanol–water partition coefficient (Wildman–Crippen LogP) is 5.69. The molecule has 0 spiro atoms. The van der Waals surface area contributed by atoms with Gasteiger partial charge in [0.15, 0.2) is 0 Å². The highest BCUT2D eigenvalue weighted by Gasteiger charge is 2.37. The SMILES string of the molecule is CC(C)(C)NC1CCN(CCOC(C)(C)CC(C)(C)N[C@H]2C[C@@H](Oc3ccnc(C(C)(C)C)c3)C2)CC1. The van der Waals surface area contributed by atoms with E-state index >= 15 is 0 Å². The average molecular weight is 517 g/mol. The van der Waals surface area contributed by atoms with Crippen LogP contribution < -0.4 is 15.4 Å². The molecule has 1 aromatic rings. The van der Waals surface area contributed by atoms with E-state index in [-0.39, 0.29) is 28.2 Å². The number of aromatic nitrogens is 1. The van der Waals surface area contributed by atoms with Gasteiger partial charge in [-0.05, 0) is 99.7 Å². The number of ether oxygens (including phenoxy) is 2. The quantitative estimate of drug-likeness (QED) is 0.394. The number of hydrogen-bond donors (Lipinski definition) is 2. The van der Waals surface area contributed by atoms with E-state index < -0.39 is 0 Å². The number of likely N-dealkylation sites (tertiary alicyclic amines) is 1. The molecule has 0 amide bonds. The zero-order chi connectivity index (χ0) is 27.5. The molecule has 3 rings (SSSR count). The van der Waals surface area contributed by atoms with Crippen LogP contribution in [0.3, 0.4) is 0 Å². The summed E-state index contributed by atoms with van der Waals surface area (Å²) in [5.41, 5.74) is 1.14. The Morgan fingerprint density at radius 3 is 2.16 bits per heavy atom. The van der Waals surface area contributed by atoms with E-state index in [1.54, 1.807) is 0 Å². The molecule has 1 saturated carbocycles. The van der Waals surface area contributed by atoms with Crippen molar-refractivity contribution in [3.05, 3.63) is 24.0 Å². The highest BCUT2D eigenvalue weighted by molar-refractivity contribution is 5.27. The standard InChI is InChI=1S/C31H56N4O2/c1-28(2,3)27-21-25(11-14-32-27)37-26-19-24(20-26)34-30(7,8)22-31(9,10)36-18-17-35-15-12-23(13-16-35)33-29(4,5)6/h11,14,21,23-24,26,33-34H,12-13,15-20,22H2,1-10H3/t24-,26+. The van der Waals surface area contributed by atoms with Gasteiger partial charge in [0.1, 0.15) is 11.9 Å². The normalized spacial score (nSPS) is 22.6. The maximum Gasteiger partial charge on any atom is 0.123 e. The van der Waals surface area contributed by atoms with Crippen molar-refractivity contribution in [2.75, 3.05) is 26.2 Å². The summed E-state index contributed by atoms with van der Waals surface area (Å²) in [6.07, 6.45) is 7.64. The molecule has 1 aliphatic heterocycles. The molecule has 0 atom stereocenters. The molecule has 0 bridgehead atoms. The smallest absolute Gasteiger partial charge is 0.123 e. The second-order valence-corrected chi connectivity index (χ2v) is 14.9. The first kappa shape index (κ1) is 30.3. The summed E-state index contributed by atoms with van der Waals surface area (Å²) in [6.45, 7) is 26.5. The highest BCUT2D eigenvalue weighted by Crippen LogP contribution is 2.32. The van der Waals surface area contributed by atoms with Crippen molar-refractivity contribution in [3.8, 4) is 5.75 Å². The Morgan fingerprint density at radius 1 is 0.919 bits per heavy atom. The number of hydrogen-bond acceptors (Lipinski definition) is 6. The van der Waals surface area contributed by atoms with Crippen LogP contribution in [0.2, 0.25) is 0 Å². The van der Waals surface area contributed by atoms with Gasteiger partial charge in [0.2, 0.25) is 0 Å². The number of piperidine rings is 1. The summed E-state index contributed by atoms with van der Waals surface area (Å²) in [6, 6.07) is 5.20. The minimum absolute atomic E-state index is 0.00613. The summed E-state index contributed by atoms with van der Waals surface area (Å²) >= 11 is 0. The van der Waals surface area contributed by atoms with Crippen molar-refractivity contribution in [2.45, 2.75) is 142 Å². The first-order valence-corrected chi connectivity index (χ1v) is 14.5. The van der Waals surface area contributed by atoms with Crippen molar-refractivity contribution in [3.63, 3.8) is 0 Å². The van der Waals surface area contributed by atoms with Gasteiger partial charge >= 0.3 is 0 Å². The van der Waals surface area contributed by atoms with Gasteiger partial charge in [-0.2, -0.15) is 0 Å². The number of rotatable bonds is 11. The second-order valence-electron chi connectivity index (χ2n) is 14.9. The molecule has 6 nitrogen and oxygen atoms in total. The van der Waals surface area contributed by atoms with Crippen LogP contribution in [0.25, 0.3) is 0 Å². The minimum atomic E-state index is -0.164. The molecule has 2 aliphatic rings. The highest BCUT2D eigenvalue weighted by atomic mass is 16.5. The van der Waals surface area contributed by atoms with Crippen molar-refractivity contribution in [1.29, 1.82) is 0 Å². The van der Waals surface area contributed by atoms with Crippen LogP contribution in [0.4, 0.5) is 0 Å². The molecule has 2 N–H and O–H groups in total. The van der Waals surface area contributed by atoms with Gasteiger partial charge < -0.3 is 25.0 Å². The van der Waals surface area contributed by atoms with Crippen molar-refractivity contribution in [2.24, 2.45) is 0 Å². The lowest BCUT2D eigenvalue weighted by molar-refractivity contribution is -0.0508. The van der Waals surface area contributed by atoms with Crippen LogP contribution in [0.15, 0.2) is 18.3 Å². The molecule has 1 aromatic heterocycles. The number of nitrogens with zero attached hydrogens (tertiary/aromatic N) is 2. The number of nitrogens with one attached hydrogen (secondary N) is 2. The lowest BCUT2D eigenvalue weighted by atomic mass is 9.83. The molecular formula is C31H56N4O2. The van der Waals surface area contributed by atoms with Crippen LogP contribution in [-0.4, -0.2) is 71.0 Å². The van der Waals surface area contributed by atoms with Gasteiger partial charge in [0, 0.05) is 53.1 Å². The van der Waals surface area contributed by atoms with E-state index in [1.165, 1.54) is 12.8 Å². The van der Waals surface area contributed by atoms with Gasteiger partial charge in [-0.15, -0.1) is 0 Å². The molecule has 37 heavy (non-hydrogen) atoms. The summed E-state index contributed by atoms with van der Waals surface area (Å²) < 4.78 is 12.7. The van der Waals surface area contributed by atoms with E-state index in [9.17, 15) is 0 Å². The maximum atomic E-state index is 6.42. The van der Waals surface area contributed by atoms with E-state index in [1.807, 2.05) is 12.3 Å². The Balaban J connectivity index is 1.34. The van der Waals surface area contributed by atoms with Gasteiger partial charge in [-0.25, -0.2) is 0 Å². The van der Waals surface area contributed by atoms with Crippen LogP contribution in [0, 0.1) is 0 Å². The van der Waals surface area contributed by atoms with Gasteiger partial charge in [-0.1, -0.05) is 20.8 Å². The fourth-order valence-electron chi connectivity index (χ4n) is 5.95. The number of pyridine rings is 1. The minimum Gasteiger partial charge on any atom is -0.490 e. The first-order valence-electron chi connectivity index (χ1n) is 14.5. The third-order valence-corrected chi connectivity index (χ3v) is 7.48. The van der Waals surface area contributed by atoms with Crippen LogP contribution in [0.5, 0.6) is 5.75 Å². The molecule has 0 aromatic carbocycles. The van der Waals surface area contributed by atoms with Gasteiger partial charge in [0.05, 0.1) is 12.2 Å². The topological polar surface area (TPSA) is 58.7 Å². The third-order valence-electron chi connectivity index (χ3n) is 7.48. The Bertz CT molecular complexity index is 841. The summed E-state index contributed by atoms with van der Waals surface area (Å²) in [4.78, 5) is 7.07. The fraction of sp³-hybridized carbons (Fsp3) is 0.839. The van der Waals surface area contributed by atoms with Crippen molar-refractivity contribution >= 4 is 0 Å². The molecule has 1 aliphatic carbocycles. The molecular weight excluding hydrogens is 460 g/mol. The molecule has 0 unspecified atom stereocenters. The lowest BCUT2D eigenvalue weighted by Crippen LogP contribution is -2.56. The van der Waals surface area contributed by atoms with Gasteiger partial charge in [0.25, 0.3) is 0 Å². The maximum absolute atomic E-state index is 6.42. The van der Waals surface area contributed by atoms with E-state index in [0.717, 1.165) is 56.9 Å². The van der Waals surface area contributed by atoms with Crippen molar-refractivity contribution < 1.29 is 9.47 Å². The van der Waals surface area contributed by atoms with Crippen LogP contribution in [-0.2, 0) is 10.2 Å². The second kappa shape index (κ2) is 11.9. The van der Waals surface area contributed by atoms with E-state index in [0.29, 0.717) is 12.1 Å². The Labute approximate surface area is 227 Å². The Morgan fingerprint density at radius 2 is 1.57 bits per heavy atom. The predicted molar refractivity (Wildman–Crippen MR) is 155 cm³/mol. The average Bonchev–Trinajstić information content (AvgIpc) is 2.71. The zero-order valence-corrected chi connectivity index (χ0v) is 25.5. The molecule has 1 saturated heterocycles.